The summed E-state index contributed by atoms with van der Waals surface area (Å²) in [5.74, 6) is 0.222. The van der Waals surface area contributed by atoms with Gasteiger partial charge in [-0.3, -0.25) is 14.6 Å². The summed E-state index contributed by atoms with van der Waals surface area (Å²) < 4.78 is 0. The zero-order valence-corrected chi connectivity index (χ0v) is 13.2. The smallest absolute Gasteiger partial charge is 0.252 e. The van der Waals surface area contributed by atoms with E-state index in [1.54, 1.807) is 17.0 Å². The normalized spacial score (nSPS) is 17.4. The topological polar surface area (TPSA) is 92.1 Å². The maximum absolute atomic E-state index is 12.4. The van der Waals surface area contributed by atoms with E-state index in [4.69, 9.17) is 17.3 Å². The van der Waals surface area contributed by atoms with Gasteiger partial charge in [-0.1, -0.05) is 23.7 Å². The second kappa shape index (κ2) is 6.42. The number of nitrogens with zero attached hydrogens (tertiary/aromatic N) is 2. The fraction of sp³-hybridized carbons (Fsp3) is 0.312. The third-order valence-corrected chi connectivity index (χ3v) is 4.26. The Bertz CT molecular complexity index is 772. The number of hydrogen-bond acceptors (Lipinski definition) is 4. The molecular weight excluding hydrogens is 316 g/mol. The molecule has 1 amide bonds. The summed E-state index contributed by atoms with van der Waals surface area (Å²) in [6, 6.07) is 8.72. The van der Waals surface area contributed by atoms with Crippen molar-refractivity contribution in [1.82, 2.24) is 14.9 Å². The lowest BCUT2D eigenvalue weighted by Gasteiger charge is -2.16. The third kappa shape index (κ3) is 3.71. The number of benzene rings is 1. The predicted molar refractivity (Wildman–Crippen MR) is 88.4 cm³/mol. The van der Waals surface area contributed by atoms with E-state index >= 15 is 0 Å². The number of carbonyl (C=O) groups excluding carboxylic acids is 1. The second-order valence-electron chi connectivity index (χ2n) is 5.68. The first-order valence-corrected chi connectivity index (χ1v) is 7.78. The fourth-order valence-corrected chi connectivity index (χ4v) is 2.95. The van der Waals surface area contributed by atoms with Crippen molar-refractivity contribution in [3.05, 3.63) is 57.0 Å². The standard InChI is InChI=1S/C16H17ClN4O2/c17-12-3-1-10(2-4-12)7-15(23)21-6-5-11(9-21)13-8-14(22)20-16(18)19-13/h1-4,8,11H,5-7,9H2,(H3,18,19,20,22). The number of nitrogens with one attached hydrogen (secondary N) is 1. The van der Waals surface area contributed by atoms with Gasteiger partial charge in [0.2, 0.25) is 11.9 Å². The van der Waals surface area contributed by atoms with Gasteiger partial charge in [0.15, 0.2) is 0 Å². The van der Waals surface area contributed by atoms with E-state index in [0.29, 0.717) is 30.2 Å². The van der Waals surface area contributed by atoms with Crippen LogP contribution in [0.25, 0.3) is 0 Å². The monoisotopic (exact) mass is 332 g/mol. The molecule has 1 atom stereocenters. The van der Waals surface area contributed by atoms with Gasteiger partial charge in [0.05, 0.1) is 12.1 Å². The van der Waals surface area contributed by atoms with E-state index in [1.807, 2.05) is 12.1 Å². The van der Waals surface area contributed by atoms with Crippen molar-refractivity contribution in [2.24, 2.45) is 0 Å². The van der Waals surface area contributed by atoms with Crippen LogP contribution in [0.1, 0.15) is 23.6 Å². The average molecular weight is 333 g/mol. The zero-order chi connectivity index (χ0) is 16.4. The van der Waals surface area contributed by atoms with Gasteiger partial charge in [-0.05, 0) is 24.1 Å². The Kier molecular flexibility index (Phi) is 4.34. The van der Waals surface area contributed by atoms with E-state index in [1.165, 1.54) is 6.07 Å². The number of anilines is 1. The van der Waals surface area contributed by atoms with Gasteiger partial charge < -0.3 is 10.6 Å². The van der Waals surface area contributed by atoms with Gasteiger partial charge in [0.1, 0.15) is 0 Å². The summed E-state index contributed by atoms with van der Waals surface area (Å²) in [4.78, 5) is 32.3. The summed E-state index contributed by atoms with van der Waals surface area (Å²) >= 11 is 5.85. The quantitative estimate of drug-likeness (QED) is 0.892. The summed E-state index contributed by atoms with van der Waals surface area (Å²) in [5, 5.41) is 0.653. The number of likely N-dealkylation sites (tertiary alicyclic amines) is 1. The third-order valence-electron chi connectivity index (χ3n) is 4.01. The zero-order valence-electron chi connectivity index (χ0n) is 12.5. The molecule has 1 aromatic heterocycles. The van der Waals surface area contributed by atoms with Crippen LogP contribution >= 0.6 is 11.6 Å². The minimum atomic E-state index is -0.265. The molecule has 0 radical (unpaired) electrons. The fourth-order valence-electron chi connectivity index (χ4n) is 2.82. The predicted octanol–water partition coefficient (Wildman–Crippen LogP) is 1.56. The molecule has 3 N–H and O–H groups in total. The summed E-state index contributed by atoms with van der Waals surface area (Å²) in [5.41, 5.74) is 6.89. The molecule has 2 aromatic rings. The molecule has 23 heavy (non-hydrogen) atoms. The lowest BCUT2D eigenvalue weighted by atomic mass is 10.1. The first-order valence-electron chi connectivity index (χ1n) is 7.40. The van der Waals surface area contributed by atoms with Crippen molar-refractivity contribution in [2.75, 3.05) is 18.8 Å². The number of nitrogens with two attached hydrogens (primary N) is 1. The van der Waals surface area contributed by atoms with E-state index in [-0.39, 0.29) is 23.3 Å². The van der Waals surface area contributed by atoms with Crippen molar-refractivity contribution in [1.29, 1.82) is 0 Å². The van der Waals surface area contributed by atoms with Crippen molar-refractivity contribution in [2.45, 2.75) is 18.8 Å². The van der Waals surface area contributed by atoms with Gasteiger partial charge in [-0.25, -0.2) is 4.98 Å². The van der Waals surface area contributed by atoms with Crippen LogP contribution in [0.3, 0.4) is 0 Å². The van der Waals surface area contributed by atoms with Crippen molar-refractivity contribution in [3.63, 3.8) is 0 Å². The van der Waals surface area contributed by atoms with Crippen molar-refractivity contribution >= 4 is 23.5 Å². The highest BCUT2D eigenvalue weighted by molar-refractivity contribution is 6.30. The molecule has 6 nitrogen and oxygen atoms in total. The minimum absolute atomic E-state index is 0.0498. The molecule has 0 saturated carbocycles. The number of amides is 1. The van der Waals surface area contributed by atoms with Gasteiger partial charge in [-0.2, -0.15) is 0 Å². The molecule has 0 bridgehead atoms. The molecule has 1 saturated heterocycles. The number of nitrogen functional groups attached to an aromatic ring is 1. The van der Waals surface area contributed by atoms with Crippen molar-refractivity contribution in [3.8, 4) is 0 Å². The number of halogens is 1. The molecule has 120 valence electrons. The number of aromatic amines is 1. The maximum atomic E-state index is 12.4. The second-order valence-corrected chi connectivity index (χ2v) is 6.12. The number of rotatable bonds is 3. The Morgan fingerprint density at radius 2 is 2.13 bits per heavy atom. The van der Waals surface area contributed by atoms with Crippen LogP contribution in [0.15, 0.2) is 35.1 Å². The average Bonchev–Trinajstić information content (AvgIpc) is 2.98. The van der Waals surface area contributed by atoms with Gasteiger partial charge in [0.25, 0.3) is 5.56 Å². The largest absolute Gasteiger partial charge is 0.369 e. The van der Waals surface area contributed by atoms with E-state index < -0.39 is 0 Å². The lowest BCUT2D eigenvalue weighted by Crippen LogP contribution is -2.30. The molecule has 0 aliphatic carbocycles. The Morgan fingerprint density at radius 1 is 1.39 bits per heavy atom. The van der Waals surface area contributed by atoms with Crippen LogP contribution in [0.5, 0.6) is 0 Å². The maximum Gasteiger partial charge on any atom is 0.252 e. The van der Waals surface area contributed by atoms with E-state index in [2.05, 4.69) is 9.97 Å². The molecule has 1 aliphatic rings. The number of carbonyl (C=O) groups is 1. The van der Waals surface area contributed by atoms with Crippen LogP contribution in [0.2, 0.25) is 5.02 Å². The molecule has 7 heteroatoms. The SMILES string of the molecule is Nc1nc(C2CCN(C(=O)Cc3ccc(Cl)cc3)C2)cc(=O)[nH]1. The number of hydrogen-bond donors (Lipinski definition) is 2. The van der Waals surface area contributed by atoms with Crippen LogP contribution in [0.4, 0.5) is 5.95 Å². The van der Waals surface area contributed by atoms with Crippen molar-refractivity contribution < 1.29 is 4.79 Å². The molecule has 3 rings (SSSR count). The molecule has 1 fully saturated rings. The minimum Gasteiger partial charge on any atom is -0.369 e. The van der Waals surface area contributed by atoms with Gasteiger partial charge >= 0.3 is 0 Å². The molecule has 0 spiro atoms. The molecule has 1 unspecified atom stereocenters. The first kappa shape index (κ1) is 15.6. The highest BCUT2D eigenvalue weighted by Gasteiger charge is 2.28. The van der Waals surface area contributed by atoms with E-state index in [0.717, 1.165) is 12.0 Å². The Labute approximate surface area is 138 Å². The Morgan fingerprint density at radius 3 is 2.83 bits per heavy atom. The van der Waals surface area contributed by atoms with Gasteiger partial charge in [0, 0.05) is 30.1 Å². The van der Waals surface area contributed by atoms with Crippen LogP contribution in [0, 0.1) is 0 Å². The Hall–Kier alpha value is -2.34. The summed E-state index contributed by atoms with van der Waals surface area (Å²) in [6.45, 7) is 1.22. The highest BCUT2D eigenvalue weighted by atomic mass is 35.5. The van der Waals surface area contributed by atoms with Crippen LogP contribution in [-0.2, 0) is 11.2 Å². The molecule has 2 heterocycles. The molecule has 1 aromatic carbocycles. The lowest BCUT2D eigenvalue weighted by molar-refractivity contribution is -0.129. The number of aromatic nitrogens is 2. The van der Waals surface area contributed by atoms with Gasteiger partial charge in [-0.15, -0.1) is 0 Å². The molecule has 1 aliphatic heterocycles. The number of H-pyrrole nitrogens is 1. The van der Waals surface area contributed by atoms with Crippen LogP contribution < -0.4 is 11.3 Å². The Balaban J connectivity index is 1.65. The summed E-state index contributed by atoms with van der Waals surface area (Å²) in [7, 11) is 0. The van der Waals surface area contributed by atoms with E-state index in [9.17, 15) is 9.59 Å². The summed E-state index contributed by atoms with van der Waals surface area (Å²) in [6.07, 6.45) is 1.12. The molecular formula is C16H17ClN4O2. The highest BCUT2D eigenvalue weighted by Crippen LogP contribution is 2.26. The van der Waals surface area contributed by atoms with Crippen LogP contribution in [-0.4, -0.2) is 33.9 Å². The first-order chi connectivity index (χ1) is 11.0.